The highest BCUT2D eigenvalue weighted by molar-refractivity contribution is 5.96. The summed E-state index contributed by atoms with van der Waals surface area (Å²) in [4.78, 5) is 10.1. The number of nitro groups is 1. The summed E-state index contributed by atoms with van der Waals surface area (Å²) in [6, 6.07) is 9.01. The number of nitro benzene ring substituents is 1. The first-order valence-electron chi connectivity index (χ1n) is 6.37. The molecule has 0 bridgehead atoms. The van der Waals surface area contributed by atoms with Crippen molar-refractivity contribution in [1.29, 1.82) is 0 Å². The fourth-order valence-corrected chi connectivity index (χ4v) is 2.35. The molecule has 118 valence electrons. The maximum absolute atomic E-state index is 12.4. The van der Waals surface area contributed by atoms with E-state index < -0.39 is 10.7 Å². The molecule has 0 unspecified atom stereocenters. The molecule has 0 fully saturated rings. The molecule has 3 rings (SSSR count). The number of hydrogen-bond acceptors (Lipinski definition) is 7. The second-order valence-corrected chi connectivity index (χ2v) is 4.78. The van der Waals surface area contributed by atoms with Gasteiger partial charge in [-0.1, -0.05) is 5.75 Å². The average molecular weight is 316 g/mol. The van der Waals surface area contributed by atoms with Crippen LogP contribution < -0.4 is 10.3 Å². The molecule has 0 saturated carbocycles. The number of non-ortho nitro benzene ring substituents is 1. The predicted molar refractivity (Wildman–Crippen MR) is 76.7 cm³/mol. The summed E-state index contributed by atoms with van der Waals surface area (Å²) in [6.07, 6.45) is 0. The lowest BCUT2D eigenvalue weighted by Gasteiger charge is -2.10. The monoisotopic (exact) mass is 316 g/mol. The smallest absolute Gasteiger partial charge is 0.269 e. The number of benzene rings is 2. The van der Waals surface area contributed by atoms with Crippen LogP contribution in [0.1, 0.15) is 0 Å². The quantitative estimate of drug-likeness (QED) is 0.382. The Kier molecular flexibility index (Phi) is 3.28. The highest BCUT2D eigenvalue weighted by Gasteiger charge is 2.15. The lowest BCUT2D eigenvalue weighted by atomic mass is 10.1. The summed E-state index contributed by atoms with van der Waals surface area (Å²) in [5, 5.41) is 51.2. The van der Waals surface area contributed by atoms with Gasteiger partial charge in [0.2, 0.25) is 0 Å². The summed E-state index contributed by atoms with van der Waals surface area (Å²) in [5.74, 6) is -0.542. The summed E-state index contributed by atoms with van der Waals surface area (Å²) in [7, 11) is 0. The fraction of sp³-hybridized carbons (Fsp3) is 0. The fourth-order valence-electron chi connectivity index (χ4n) is 2.35. The van der Waals surface area contributed by atoms with Crippen LogP contribution in [0.15, 0.2) is 42.5 Å². The number of rotatable bonds is 3. The second kappa shape index (κ2) is 5.16. The minimum absolute atomic E-state index is 0.0459. The minimum Gasteiger partial charge on any atom is -0.870 e. The lowest BCUT2D eigenvalue weighted by Crippen LogP contribution is -2.10. The van der Waals surface area contributed by atoms with Crippen LogP contribution >= 0.6 is 0 Å². The summed E-state index contributed by atoms with van der Waals surface area (Å²) in [6.45, 7) is 0. The molecule has 0 aliphatic rings. The summed E-state index contributed by atoms with van der Waals surface area (Å²) >= 11 is 0. The van der Waals surface area contributed by atoms with Crippen LogP contribution in [0.5, 0.6) is 5.75 Å². The van der Waals surface area contributed by atoms with Crippen molar-refractivity contribution < 1.29 is 25.7 Å². The van der Waals surface area contributed by atoms with Gasteiger partial charge in [0, 0.05) is 17.7 Å². The molecule has 0 atom stereocenters. The van der Waals surface area contributed by atoms with E-state index in [0.29, 0.717) is 10.3 Å². The molecule has 9 heteroatoms. The van der Waals surface area contributed by atoms with Crippen LogP contribution in [-0.4, -0.2) is 25.3 Å². The van der Waals surface area contributed by atoms with Crippen molar-refractivity contribution in [3.05, 3.63) is 52.6 Å². The third kappa shape index (κ3) is 2.29. The van der Waals surface area contributed by atoms with Crippen LogP contribution in [0, 0.1) is 10.1 Å². The zero-order chi connectivity index (χ0) is 16.7. The molecule has 0 amide bonds. The zero-order valence-corrected chi connectivity index (χ0v) is 11.4. The Bertz CT molecular complexity index is 901. The molecule has 0 radical (unpaired) electrons. The second-order valence-electron chi connectivity index (χ2n) is 4.78. The van der Waals surface area contributed by atoms with Gasteiger partial charge in [0.25, 0.3) is 5.69 Å². The first-order chi connectivity index (χ1) is 10.9. The van der Waals surface area contributed by atoms with Crippen molar-refractivity contribution >= 4 is 22.3 Å². The molecule has 0 saturated heterocycles. The highest BCUT2D eigenvalue weighted by atomic mass is 16.8. The van der Waals surface area contributed by atoms with E-state index in [0.717, 1.165) is 0 Å². The number of nitrogens with zero attached hydrogens (tertiary/aromatic N) is 3. The Labute approximate surface area is 128 Å². The molecule has 9 nitrogen and oxygen atoms in total. The van der Waals surface area contributed by atoms with Gasteiger partial charge in [-0.2, -0.15) is 4.73 Å². The van der Waals surface area contributed by atoms with Crippen LogP contribution in [0.25, 0.3) is 22.2 Å². The van der Waals surface area contributed by atoms with Crippen LogP contribution in [-0.2, 0) is 0 Å². The normalized spacial score (nSPS) is 10.9. The third-order valence-electron chi connectivity index (χ3n) is 3.46. The van der Waals surface area contributed by atoms with Gasteiger partial charge in [0.15, 0.2) is 0 Å². The van der Waals surface area contributed by atoms with E-state index in [1.807, 2.05) is 0 Å². The first-order valence-corrected chi connectivity index (χ1v) is 6.37. The van der Waals surface area contributed by atoms with E-state index in [9.17, 15) is 20.4 Å². The van der Waals surface area contributed by atoms with E-state index in [1.165, 1.54) is 42.5 Å². The van der Waals surface area contributed by atoms with Gasteiger partial charge in [-0.05, 0) is 35.7 Å². The molecule has 3 N–H and O–H groups in total. The Balaban J connectivity index is 2.19. The molecule has 0 aliphatic heterocycles. The molecular weight excluding hydrogens is 306 g/mol. The maximum Gasteiger partial charge on any atom is 0.269 e. The number of anilines is 1. The van der Waals surface area contributed by atoms with Crippen molar-refractivity contribution in [3.8, 4) is 17.0 Å². The third-order valence-corrected chi connectivity index (χ3v) is 3.46. The lowest BCUT2D eigenvalue weighted by molar-refractivity contribution is -0.384. The maximum atomic E-state index is 12.4. The van der Waals surface area contributed by atoms with Gasteiger partial charge in [-0.3, -0.25) is 20.5 Å². The first kappa shape index (κ1) is 14.6. The molecular formula is C14H10N3O6-. The minimum atomic E-state index is -0.570. The van der Waals surface area contributed by atoms with Gasteiger partial charge in [0.05, 0.1) is 21.8 Å². The van der Waals surface area contributed by atoms with Crippen molar-refractivity contribution in [3.63, 3.8) is 0 Å². The summed E-state index contributed by atoms with van der Waals surface area (Å²) in [5.41, 5.74) is 0.213. The SMILES string of the molecule is O=[N+]([O-])c1ccc(-c2c([O-])c3cc(N(O)O)ccc3n2O)cc1. The number of aromatic nitrogens is 1. The van der Waals surface area contributed by atoms with E-state index >= 15 is 0 Å². The molecule has 23 heavy (non-hydrogen) atoms. The molecule has 0 aliphatic carbocycles. The van der Waals surface area contributed by atoms with Gasteiger partial charge in [0.1, 0.15) is 0 Å². The van der Waals surface area contributed by atoms with Crippen molar-refractivity contribution in [2.75, 3.05) is 5.23 Å². The van der Waals surface area contributed by atoms with Crippen molar-refractivity contribution in [2.24, 2.45) is 0 Å². The summed E-state index contributed by atoms with van der Waals surface area (Å²) < 4.78 is 0.668. The standard InChI is InChI=1S/C14H11N3O6/c18-14-11-7-10(17(22)23)5-6-12(11)15(19)13(14)8-1-3-9(4-2-8)16(20)21/h1-7,18-19,22-23H/p-1. The highest BCUT2D eigenvalue weighted by Crippen LogP contribution is 2.38. The molecule has 0 spiro atoms. The van der Waals surface area contributed by atoms with E-state index in [2.05, 4.69) is 0 Å². The topological polar surface area (TPSA) is 135 Å². The number of fused-ring (bicyclic) bond motifs is 1. The van der Waals surface area contributed by atoms with Gasteiger partial charge >= 0.3 is 0 Å². The predicted octanol–water partition coefficient (Wildman–Crippen LogP) is 2.11. The van der Waals surface area contributed by atoms with Crippen LogP contribution in [0.4, 0.5) is 11.4 Å². The van der Waals surface area contributed by atoms with Crippen molar-refractivity contribution in [1.82, 2.24) is 4.73 Å². The molecule has 1 aromatic heterocycles. The molecule has 2 aromatic carbocycles. The molecule has 1 heterocycles. The molecule has 3 aromatic rings. The Morgan fingerprint density at radius 2 is 1.74 bits per heavy atom. The van der Waals surface area contributed by atoms with E-state index in [-0.39, 0.29) is 33.2 Å². The largest absolute Gasteiger partial charge is 0.870 e. The van der Waals surface area contributed by atoms with Crippen LogP contribution in [0.3, 0.4) is 0 Å². The Morgan fingerprint density at radius 3 is 2.30 bits per heavy atom. The average Bonchev–Trinajstić information content (AvgIpc) is 2.78. The number of hydrogen-bond donors (Lipinski definition) is 3. The van der Waals surface area contributed by atoms with E-state index in [1.54, 1.807) is 0 Å². The Morgan fingerprint density at radius 1 is 1.09 bits per heavy atom. The van der Waals surface area contributed by atoms with Gasteiger partial charge < -0.3 is 10.3 Å². The zero-order valence-electron chi connectivity index (χ0n) is 11.4. The Hall–Kier alpha value is -3.30. The van der Waals surface area contributed by atoms with Crippen LogP contribution in [0.2, 0.25) is 0 Å². The van der Waals surface area contributed by atoms with E-state index in [4.69, 9.17) is 10.4 Å². The van der Waals surface area contributed by atoms with Gasteiger partial charge in [-0.25, -0.2) is 0 Å². The van der Waals surface area contributed by atoms with Crippen molar-refractivity contribution in [2.45, 2.75) is 0 Å². The van der Waals surface area contributed by atoms with Gasteiger partial charge in [-0.15, -0.1) is 5.23 Å².